The van der Waals surface area contributed by atoms with Crippen molar-refractivity contribution in [1.29, 1.82) is 0 Å². The number of nitrogens with zero attached hydrogens (tertiary/aromatic N) is 4. The smallest absolute Gasteiger partial charge is 0.405 e. The van der Waals surface area contributed by atoms with E-state index in [1.807, 2.05) is 26.8 Å². The number of nitrogens with two attached hydrogens (primary N) is 1. The van der Waals surface area contributed by atoms with Gasteiger partial charge < -0.3 is 15.4 Å². The first kappa shape index (κ1) is 25.2. The fraction of sp³-hybridized carbons (Fsp3) is 0.500. The number of aryl methyl sites for hydroxylation is 1. The number of carbonyl (C=O) groups is 1. The highest BCUT2D eigenvalue weighted by Crippen LogP contribution is 2.35. The number of amides is 1. The number of ether oxygens (including phenoxy) is 1. The average molecular weight is 503 g/mol. The zero-order valence-electron chi connectivity index (χ0n) is 20.6. The molecule has 0 radical (unpaired) electrons. The summed E-state index contributed by atoms with van der Waals surface area (Å²) < 4.78 is 33.3. The van der Waals surface area contributed by atoms with Crippen LogP contribution in [-0.4, -0.2) is 55.6 Å². The summed E-state index contributed by atoms with van der Waals surface area (Å²) in [6, 6.07) is 8.65. The van der Waals surface area contributed by atoms with Crippen molar-refractivity contribution in [3.05, 3.63) is 47.7 Å². The second-order valence-electron chi connectivity index (χ2n) is 9.93. The average Bonchev–Trinajstić information content (AvgIpc) is 3.23. The molecule has 190 valence electrons. The van der Waals surface area contributed by atoms with Gasteiger partial charge in [-0.05, 0) is 64.2 Å². The van der Waals surface area contributed by atoms with Crippen LogP contribution in [0.3, 0.4) is 0 Å². The molecule has 3 N–H and O–H groups in total. The lowest BCUT2D eigenvalue weighted by Crippen LogP contribution is -2.47. The molecule has 10 nitrogen and oxygen atoms in total. The Labute approximate surface area is 206 Å². The van der Waals surface area contributed by atoms with Crippen LogP contribution >= 0.6 is 0 Å². The summed E-state index contributed by atoms with van der Waals surface area (Å²) in [6.07, 6.45) is 4.72. The molecule has 2 aliphatic heterocycles. The zero-order chi connectivity index (χ0) is 25.4. The van der Waals surface area contributed by atoms with Crippen molar-refractivity contribution in [2.45, 2.75) is 56.7 Å². The minimum Gasteiger partial charge on any atom is -0.444 e. The van der Waals surface area contributed by atoms with Crippen molar-refractivity contribution in [3.63, 3.8) is 0 Å². The first-order chi connectivity index (χ1) is 16.5. The van der Waals surface area contributed by atoms with E-state index in [2.05, 4.69) is 15.4 Å². The molecule has 0 spiro atoms. The standard InChI is InChI=1S/C24H34N6O4S/c1-17-5-7-19(8-6-17)35(32,33)30-14-11-20-21(26-16-28(4)22(20)30)27-29-12-9-18(10-13-29)15-24(2,3)34-23(25)31/h5-8,11,14,16,18,21,27H,9-10,12-13,15H2,1-4H3,(H2,25,31). The van der Waals surface area contributed by atoms with Crippen LogP contribution in [0, 0.1) is 12.8 Å². The Morgan fingerprint density at radius 1 is 1.20 bits per heavy atom. The number of primary amides is 1. The Hall–Kier alpha value is -2.89. The molecule has 1 saturated heterocycles. The number of aromatic nitrogens is 1. The summed E-state index contributed by atoms with van der Waals surface area (Å²) in [6.45, 7) is 7.29. The zero-order valence-corrected chi connectivity index (χ0v) is 21.5. The second-order valence-corrected chi connectivity index (χ2v) is 11.7. The lowest BCUT2D eigenvalue weighted by molar-refractivity contribution is 0.0112. The van der Waals surface area contributed by atoms with Crippen LogP contribution in [0.1, 0.15) is 50.4 Å². The predicted molar refractivity (Wildman–Crippen MR) is 135 cm³/mol. The highest BCUT2D eigenvalue weighted by Gasteiger charge is 2.33. The van der Waals surface area contributed by atoms with Crippen LogP contribution in [0.15, 0.2) is 46.4 Å². The number of carbonyl (C=O) groups excluding carboxylic acids is 1. The van der Waals surface area contributed by atoms with E-state index >= 15 is 0 Å². The summed E-state index contributed by atoms with van der Waals surface area (Å²) in [5, 5.41) is 2.13. The maximum absolute atomic E-state index is 13.4. The molecule has 11 heteroatoms. The number of aliphatic imine (C=N–C) groups is 1. The van der Waals surface area contributed by atoms with Crippen LogP contribution in [0.25, 0.3) is 0 Å². The molecule has 2 aromatic rings. The molecular weight excluding hydrogens is 468 g/mol. The molecule has 1 fully saturated rings. The maximum Gasteiger partial charge on any atom is 0.405 e. The van der Waals surface area contributed by atoms with Crippen LogP contribution < -0.4 is 16.1 Å². The van der Waals surface area contributed by atoms with Gasteiger partial charge in [0.2, 0.25) is 0 Å². The summed E-state index contributed by atoms with van der Waals surface area (Å²) >= 11 is 0. The summed E-state index contributed by atoms with van der Waals surface area (Å²) in [5.74, 6) is 0.984. The monoisotopic (exact) mass is 502 g/mol. The molecule has 0 saturated carbocycles. The summed E-state index contributed by atoms with van der Waals surface area (Å²) in [5.41, 5.74) is 9.85. The van der Waals surface area contributed by atoms with Crippen LogP contribution in [-0.2, 0) is 14.8 Å². The fourth-order valence-electron chi connectivity index (χ4n) is 4.86. The van der Waals surface area contributed by atoms with Gasteiger partial charge in [-0.2, -0.15) is 0 Å². The molecule has 1 aromatic carbocycles. The summed E-state index contributed by atoms with van der Waals surface area (Å²) in [7, 11) is -1.96. The highest BCUT2D eigenvalue weighted by atomic mass is 32.2. The minimum atomic E-state index is -3.75. The van der Waals surface area contributed by atoms with Crippen molar-refractivity contribution in [2.75, 3.05) is 25.0 Å². The van der Waals surface area contributed by atoms with E-state index in [0.29, 0.717) is 11.7 Å². The van der Waals surface area contributed by atoms with Gasteiger partial charge in [0, 0.05) is 31.9 Å². The van der Waals surface area contributed by atoms with Crippen molar-refractivity contribution in [1.82, 2.24) is 14.4 Å². The Balaban J connectivity index is 1.45. The van der Waals surface area contributed by atoms with E-state index in [-0.39, 0.29) is 11.1 Å². The molecule has 1 unspecified atom stereocenters. The molecule has 2 aliphatic rings. The van der Waals surface area contributed by atoms with Gasteiger partial charge in [0.25, 0.3) is 10.0 Å². The molecule has 3 heterocycles. The molecule has 35 heavy (non-hydrogen) atoms. The first-order valence-corrected chi connectivity index (χ1v) is 13.2. The Bertz CT molecular complexity index is 1200. The highest BCUT2D eigenvalue weighted by molar-refractivity contribution is 7.90. The predicted octanol–water partition coefficient (Wildman–Crippen LogP) is 2.99. The number of fused-ring (bicyclic) bond motifs is 1. The Morgan fingerprint density at radius 3 is 2.49 bits per heavy atom. The van der Waals surface area contributed by atoms with Crippen molar-refractivity contribution in [3.8, 4) is 0 Å². The first-order valence-electron chi connectivity index (χ1n) is 11.8. The number of hydrogen-bond acceptors (Lipinski definition) is 8. The van der Waals surface area contributed by atoms with E-state index in [9.17, 15) is 13.2 Å². The SMILES string of the molecule is Cc1ccc(S(=O)(=O)n2ccc3c2N(C)C=NC3NN2CCC(CC(C)(C)OC(N)=O)CC2)cc1. The van der Waals surface area contributed by atoms with Crippen molar-refractivity contribution < 1.29 is 17.9 Å². The van der Waals surface area contributed by atoms with Gasteiger partial charge >= 0.3 is 6.09 Å². The molecule has 0 aliphatic carbocycles. The van der Waals surface area contributed by atoms with E-state index < -0.39 is 21.7 Å². The number of piperidine rings is 1. The maximum atomic E-state index is 13.4. The van der Waals surface area contributed by atoms with Gasteiger partial charge in [-0.25, -0.2) is 27.6 Å². The molecule has 1 aromatic heterocycles. The lowest BCUT2D eigenvalue weighted by atomic mass is 9.86. The van der Waals surface area contributed by atoms with Gasteiger partial charge in [0.1, 0.15) is 17.6 Å². The third-order valence-corrected chi connectivity index (χ3v) is 8.21. The van der Waals surface area contributed by atoms with Crippen LogP contribution in [0.5, 0.6) is 0 Å². The Kier molecular flexibility index (Phi) is 6.94. The molecular formula is C24H34N6O4S. The number of hydrogen-bond donors (Lipinski definition) is 2. The molecule has 1 atom stereocenters. The van der Waals surface area contributed by atoms with E-state index in [4.69, 9.17) is 10.5 Å². The topological polar surface area (TPSA) is 122 Å². The van der Waals surface area contributed by atoms with Gasteiger partial charge in [-0.15, -0.1) is 0 Å². The second kappa shape index (κ2) is 9.63. The molecule has 4 rings (SSSR count). The molecule has 0 bridgehead atoms. The number of rotatable bonds is 7. The third kappa shape index (κ3) is 5.52. The van der Waals surface area contributed by atoms with Gasteiger partial charge in [-0.3, -0.25) is 4.99 Å². The van der Waals surface area contributed by atoms with E-state index in [0.717, 1.165) is 43.5 Å². The van der Waals surface area contributed by atoms with Gasteiger partial charge in [0.15, 0.2) is 0 Å². The third-order valence-electron chi connectivity index (χ3n) is 6.53. The van der Waals surface area contributed by atoms with E-state index in [1.54, 1.807) is 48.7 Å². The number of nitrogens with one attached hydrogen (secondary N) is 1. The quantitative estimate of drug-likeness (QED) is 0.597. The number of hydrazine groups is 1. The lowest BCUT2D eigenvalue weighted by Gasteiger charge is -2.37. The minimum absolute atomic E-state index is 0.243. The van der Waals surface area contributed by atoms with E-state index in [1.165, 1.54) is 3.97 Å². The summed E-state index contributed by atoms with van der Waals surface area (Å²) in [4.78, 5) is 17.7. The number of benzene rings is 1. The van der Waals surface area contributed by atoms with Crippen LogP contribution in [0.2, 0.25) is 0 Å². The van der Waals surface area contributed by atoms with Gasteiger partial charge in [0.05, 0.1) is 11.2 Å². The Morgan fingerprint density at radius 2 is 1.86 bits per heavy atom. The normalized spacial score (nSPS) is 19.5. The van der Waals surface area contributed by atoms with Crippen molar-refractivity contribution >= 4 is 28.3 Å². The largest absolute Gasteiger partial charge is 0.444 e. The fourth-order valence-corrected chi connectivity index (χ4v) is 6.25. The van der Waals surface area contributed by atoms with Crippen molar-refractivity contribution in [2.24, 2.45) is 16.6 Å². The molecule has 1 amide bonds. The van der Waals surface area contributed by atoms with Gasteiger partial charge in [-0.1, -0.05) is 17.7 Å². The number of anilines is 1. The van der Waals surface area contributed by atoms with Crippen LogP contribution in [0.4, 0.5) is 10.6 Å².